The molecule has 32 heavy (non-hydrogen) atoms. The van der Waals surface area contributed by atoms with Crippen molar-refractivity contribution in [3.05, 3.63) is 89.9 Å². The average Bonchev–Trinajstić information content (AvgIpc) is 3.45. The Morgan fingerprint density at radius 2 is 1.75 bits per heavy atom. The number of nitrogens with zero attached hydrogens (tertiary/aromatic N) is 1. The van der Waals surface area contributed by atoms with Gasteiger partial charge in [-0.25, -0.2) is 4.79 Å². The van der Waals surface area contributed by atoms with E-state index < -0.39 is 5.60 Å². The summed E-state index contributed by atoms with van der Waals surface area (Å²) < 4.78 is 17.3. The van der Waals surface area contributed by atoms with Gasteiger partial charge in [-0.3, -0.25) is 0 Å². The molecule has 2 aromatic carbocycles. The molecule has 1 aliphatic rings. The lowest BCUT2D eigenvalue weighted by Crippen LogP contribution is -2.42. The van der Waals surface area contributed by atoms with Gasteiger partial charge in [0.1, 0.15) is 23.7 Å². The summed E-state index contributed by atoms with van der Waals surface area (Å²) in [6.07, 6.45) is 3.34. The number of furan rings is 1. The average molecular weight is 434 g/mol. The molecule has 1 fully saturated rings. The van der Waals surface area contributed by atoms with Crippen molar-refractivity contribution < 1.29 is 18.7 Å². The van der Waals surface area contributed by atoms with Crippen LogP contribution in [0.3, 0.4) is 0 Å². The van der Waals surface area contributed by atoms with Gasteiger partial charge in [-0.05, 0) is 69.0 Å². The first kappa shape index (κ1) is 22.0. The maximum atomic E-state index is 12.5. The van der Waals surface area contributed by atoms with Gasteiger partial charge >= 0.3 is 6.09 Å². The third-order valence-corrected chi connectivity index (χ3v) is 5.62. The number of carbonyl (C=O) groups is 1. The second kappa shape index (κ2) is 9.51. The van der Waals surface area contributed by atoms with E-state index in [-0.39, 0.29) is 18.1 Å². The van der Waals surface area contributed by atoms with E-state index in [4.69, 9.17) is 13.9 Å². The highest BCUT2D eigenvalue weighted by Crippen LogP contribution is 2.33. The van der Waals surface area contributed by atoms with Crippen molar-refractivity contribution in [2.45, 2.75) is 51.2 Å². The number of ether oxygens (including phenoxy) is 2. The monoisotopic (exact) mass is 433 g/mol. The van der Waals surface area contributed by atoms with Crippen LogP contribution in [-0.4, -0.2) is 35.8 Å². The van der Waals surface area contributed by atoms with Gasteiger partial charge in [0.2, 0.25) is 0 Å². The lowest BCUT2D eigenvalue weighted by atomic mass is 9.89. The van der Waals surface area contributed by atoms with Crippen molar-refractivity contribution >= 4 is 6.09 Å². The maximum Gasteiger partial charge on any atom is 0.410 e. The quantitative estimate of drug-likeness (QED) is 0.462. The molecule has 0 N–H and O–H groups in total. The molecule has 2 heterocycles. The van der Waals surface area contributed by atoms with E-state index in [0.717, 1.165) is 29.9 Å². The van der Waals surface area contributed by atoms with Crippen molar-refractivity contribution in [2.75, 3.05) is 13.2 Å². The minimum atomic E-state index is -0.496. The summed E-state index contributed by atoms with van der Waals surface area (Å²) in [6, 6.07) is 22.4. The van der Waals surface area contributed by atoms with Gasteiger partial charge in [-0.15, -0.1) is 0 Å². The molecule has 1 saturated heterocycles. The number of amides is 1. The molecule has 3 aromatic rings. The van der Waals surface area contributed by atoms with Gasteiger partial charge in [0.25, 0.3) is 0 Å². The number of rotatable bonds is 6. The van der Waals surface area contributed by atoms with E-state index in [1.807, 2.05) is 63.2 Å². The van der Waals surface area contributed by atoms with Gasteiger partial charge in [0.05, 0.1) is 18.2 Å². The largest absolute Gasteiger partial charge is 0.491 e. The van der Waals surface area contributed by atoms with E-state index in [0.29, 0.717) is 13.2 Å². The Kier molecular flexibility index (Phi) is 6.54. The third kappa shape index (κ3) is 5.34. The third-order valence-electron chi connectivity index (χ3n) is 5.62. The summed E-state index contributed by atoms with van der Waals surface area (Å²) in [5, 5.41) is 0. The fourth-order valence-corrected chi connectivity index (χ4v) is 4.14. The highest BCUT2D eigenvalue weighted by molar-refractivity contribution is 5.69. The highest BCUT2D eigenvalue weighted by atomic mass is 16.6. The van der Waals surface area contributed by atoms with Crippen LogP contribution >= 0.6 is 0 Å². The zero-order valence-electron chi connectivity index (χ0n) is 19.0. The van der Waals surface area contributed by atoms with E-state index >= 15 is 0 Å². The molecule has 5 heteroatoms. The Morgan fingerprint density at radius 3 is 2.41 bits per heavy atom. The molecule has 1 aliphatic heterocycles. The van der Waals surface area contributed by atoms with Crippen LogP contribution in [-0.2, 0) is 4.74 Å². The lowest BCUT2D eigenvalue weighted by molar-refractivity contribution is 0.0187. The van der Waals surface area contributed by atoms with Crippen LogP contribution in [0.15, 0.2) is 77.4 Å². The fraction of sp³-hybridized carbons (Fsp3) is 0.370. The molecular formula is C27H31NO4. The van der Waals surface area contributed by atoms with Gasteiger partial charge < -0.3 is 18.8 Å². The first-order valence-electron chi connectivity index (χ1n) is 11.2. The van der Waals surface area contributed by atoms with E-state index in [1.54, 1.807) is 11.2 Å². The summed E-state index contributed by atoms with van der Waals surface area (Å²) >= 11 is 0. The van der Waals surface area contributed by atoms with Crippen molar-refractivity contribution in [1.29, 1.82) is 0 Å². The molecule has 0 saturated carbocycles. The van der Waals surface area contributed by atoms with Crippen LogP contribution in [0.5, 0.6) is 5.75 Å². The van der Waals surface area contributed by atoms with Crippen molar-refractivity contribution in [3.8, 4) is 5.75 Å². The minimum Gasteiger partial charge on any atom is -0.491 e. The van der Waals surface area contributed by atoms with Crippen LogP contribution in [0.2, 0.25) is 0 Å². The molecule has 168 valence electrons. The molecule has 0 radical (unpaired) electrons. The number of benzene rings is 2. The first-order chi connectivity index (χ1) is 15.4. The van der Waals surface area contributed by atoms with Crippen molar-refractivity contribution in [3.63, 3.8) is 0 Å². The molecule has 1 aromatic heterocycles. The molecular weight excluding hydrogens is 402 g/mol. The van der Waals surface area contributed by atoms with Gasteiger partial charge in [-0.1, -0.05) is 42.5 Å². The Balaban J connectivity index is 1.43. The first-order valence-corrected chi connectivity index (χ1v) is 11.2. The van der Waals surface area contributed by atoms with Crippen molar-refractivity contribution in [2.24, 2.45) is 0 Å². The van der Waals surface area contributed by atoms with Gasteiger partial charge in [0, 0.05) is 6.54 Å². The number of carbonyl (C=O) groups excluding carboxylic acids is 1. The molecule has 5 nitrogen and oxygen atoms in total. The number of likely N-dealkylation sites (tertiary alicyclic amines) is 1. The number of hydrogen-bond acceptors (Lipinski definition) is 4. The highest BCUT2D eigenvalue weighted by Gasteiger charge is 2.32. The molecule has 4 rings (SSSR count). The maximum absolute atomic E-state index is 12.5. The van der Waals surface area contributed by atoms with E-state index in [2.05, 4.69) is 24.3 Å². The fourth-order valence-electron chi connectivity index (χ4n) is 4.14. The summed E-state index contributed by atoms with van der Waals surface area (Å²) in [4.78, 5) is 14.3. The molecule has 0 bridgehead atoms. The van der Waals surface area contributed by atoms with Gasteiger partial charge in [0.15, 0.2) is 0 Å². The smallest absolute Gasteiger partial charge is 0.410 e. The number of hydrogen-bond donors (Lipinski definition) is 0. The molecule has 0 aliphatic carbocycles. The summed E-state index contributed by atoms with van der Waals surface area (Å²) in [5.74, 6) is 1.72. The lowest BCUT2D eigenvalue weighted by Gasteiger charge is -2.28. The van der Waals surface area contributed by atoms with E-state index in [9.17, 15) is 4.79 Å². The van der Waals surface area contributed by atoms with E-state index in [1.165, 1.54) is 5.56 Å². The minimum absolute atomic E-state index is 0.0257. The van der Waals surface area contributed by atoms with Crippen LogP contribution in [0.25, 0.3) is 0 Å². The normalized spacial score (nSPS) is 17.2. The topological polar surface area (TPSA) is 51.9 Å². The summed E-state index contributed by atoms with van der Waals surface area (Å²) in [5.41, 5.74) is 1.81. The molecule has 0 spiro atoms. The van der Waals surface area contributed by atoms with Crippen LogP contribution in [0, 0.1) is 0 Å². The Bertz CT molecular complexity index is 990. The summed E-state index contributed by atoms with van der Waals surface area (Å²) in [6.45, 7) is 6.83. The molecule has 1 amide bonds. The Labute approximate surface area is 189 Å². The molecule has 2 atom stereocenters. The Morgan fingerprint density at radius 1 is 1.03 bits per heavy atom. The van der Waals surface area contributed by atoms with Crippen LogP contribution in [0.1, 0.15) is 56.4 Å². The van der Waals surface area contributed by atoms with Gasteiger partial charge in [-0.2, -0.15) is 0 Å². The van der Waals surface area contributed by atoms with Crippen LogP contribution < -0.4 is 4.74 Å². The predicted molar refractivity (Wildman–Crippen MR) is 124 cm³/mol. The second-order valence-electron chi connectivity index (χ2n) is 9.21. The zero-order chi connectivity index (χ0) is 22.6. The van der Waals surface area contributed by atoms with Crippen molar-refractivity contribution in [1.82, 2.24) is 4.90 Å². The predicted octanol–water partition coefficient (Wildman–Crippen LogP) is 6.24. The SMILES string of the molecule is CC(C)(C)OC(=O)N1CCC[C@@H]1COc1ccc(C(c2ccccc2)c2ccco2)cc1. The summed E-state index contributed by atoms with van der Waals surface area (Å²) in [7, 11) is 0. The Hall–Kier alpha value is -3.21. The zero-order valence-corrected chi connectivity index (χ0v) is 19.0. The molecule has 1 unspecified atom stereocenters. The standard InChI is InChI=1S/C27H31NO4/c1-27(2,3)32-26(29)28-17-7-11-22(28)19-31-23-15-13-21(14-16-23)25(24-12-8-18-30-24)20-9-5-4-6-10-20/h4-6,8-10,12-16,18,22,25H,7,11,17,19H2,1-3H3/t22-,25?/m1/s1. The van der Waals surface area contributed by atoms with Crippen LogP contribution in [0.4, 0.5) is 4.79 Å². The second-order valence-corrected chi connectivity index (χ2v) is 9.21.